The average Bonchev–Trinajstić information content (AvgIpc) is 3.43. The van der Waals surface area contributed by atoms with Crippen LogP contribution < -0.4 is 0 Å². The van der Waals surface area contributed by atoms with E-state index in [-0.39, 0.29) is 5.82 Å². The van der Waals surface area contributed by atoms with Crippen molar-refractivity contribution in [2.24, 2.45) is 0 Å². The van der Waals surface area contributed by atoms with Crippen LogP contribution in [0.3, 0.4) is 0 Å². The highest BCUT2D eigenvalue weighted by Crippen LogP contribution is 2.35. The fourth-order valence-electron chi connectivity index (χ4n) is 4.57. The summed E-state index contributed by atoms with van der Waals surface area (Å²) in [6.07, 6.45) is 6.01. The van der Waals surface area contributed by atoms with Crippen LogP contribution in [0.15, 0.2) is 41.3 Å². The maximum absolute atomic E-state index is 13.5. The van der Waals surface area contributed by atoms with Gasteiger partial charge in [0, 0.05) is 37.5 Å². The largest absolute Gasteiger partial charge is 0.343 e. The van der Waals surface area contributed by atoms with Crippen LogP contribution in [-0.2, 0) is 4.79 Å². The molecule has 2 aromatic rings. The Labute approximate surface area is 183 Å². The normalized spacial score (nSPS) is 17.5. The number of halogens is 1. The highest BCUT2D eigenvalue weighted by molar-refractivity contribution is 7.11. The Morgan fingerprint density at radius 2 is 1.77 bits per heavy atom. The molecule has 5 heteroatoms. The summed E-state index contributed by atoms with van der Waals surface area (Å²) in [6, 6.07) is 9.17. The molecule has 0 atom stereocenters. The van der Waals surface area contributed by atoms with E-state index >= 15 is 0 Å². The number of thiophene rings is 1. The zero-order valence-electron chi connectivity index (χ0n) is 17.8. The first kappa shape index (κ1) is 21.3. The van der Waals surface area contributed by atoms with E-state index in [4.69, 9.17) is 0 Å². The Morgan fingerprint density at radius 3 is 2.40 bits per heavy atom. The first-order valence-corrected chi connectivity index (χ1v) is 12.0. The summed E-state index contributed by atoms with van der Waals surface area (Å²) >= 11 is 1.77. The summed E-state index contributed by atoms with van der Waals surface area (Å²) in [5.74, 6) is 0.139. The lowest BCUT2D eigenvalue weighted by Crippen LogP contribution is -2.33. The first-order valence-electron chi connectivity index (χ1n) is 11.1. The second kappa shape index (κ2) is 9.88. The molecule has 160 valence electrons. The van der Waals surface area contributed by atoms with Crippen molar-refractivity contribution >= 4 is 22.8 Å². The Hall–Kier alpha value is -1.98. The molecule has 0 spiro atoms. The van der Waals surface area contributed by atoms with Crippen molar-refractivity contribution in [2.75, 3.05) is 32.7 Å². The van der Waals surface area contributed by atoms with Crippen molar-refractivity contribution in [3.63, 3.8) is 0 Å². The number of carbonyl (C=O) groups excluding carboxylic acids is 1. The van der Waals surface area contributed by atoms with Gasteiger partial charge in [0.15, 0.2) is 0 Å². The number of nitrogens with zero attached hydrogens (tertiary/aromatic N) is 2. The van der Waals surface area contributed by atoms with E-state index < -0.39 is 0 Å². The second-order valence-corrected chi connectivity index (χ2v) is 9.42. The number of hydrogen-bond donors (Lipinski definition) is 0. The van der Waals surface area contributed by atoms with Gasteiger partial charge >= 0.3 is 0 Å². The molecule has 2 fully saturated rings. The molecule has 0 aliphatic carbocycles. The number of hydrogen-bond acceptors (Lipinski definition) is 3. The topological polar surface area (TPSA) is 23.6 Å². The molecule has 1 amide bonds. The molecule has 2 saturated heterocycles. The Kier molecular flexibility index (Phi) is 7.00. The van der Waals surface area contributed by atoms with Gasteiger partial charge in [0.1, 0.15) is 5.82 Å². The van der Waals surface area contributed by atoms with Gasteiger partial charge in [-0.3, -0.25) is 4.79 Å². The van der Waals surface area contributed by atoms with Crippen molar-refractivity contribution in [3.8, 4) is 0 Å². The minimum Gasteiger partial charge on any atom is -0.343 e. The zero-order chi connectivity index (χ0) is 20.9. The summed E-state index contributed by atoms with van der Waals surface area (Å²) in [5.41, 5.74) is 5.14. The van der Waals surface area contributed by atoms with Crippen molar-refractivity contribution in [1.82, 2.24) is 9.80 Å². The van der Waals surface area contributed by atoms with Crippen molar-refractivity contribution in [3.05, 3.63) is 63.1 Å². The third-order valence-corrected chi connectivity index (χ3v) is 7.31. The number of benzene rings is 1. The smallest absolute Gasteiger partial charge is 0.222 e. The van der Waals surface area contributed by atoms with Crippen molar-refractivity contribution in [1.29, 1.82) is 0 Å². The monoisotopic (exact) mass is 426 g/mol. The fraction of sp³-hybridized carbons (Fsp3) is 0.480. The summed E-state index contributed by atoms with van der Waals surface area (Å²) in [7, 11) is 0. The predicted octanol–water partition coefficient (Wildman–Crippen LogP) is 5.50. The summed E-state index contributed by atoms with van der Waals surface area (Å²) < 4.78 is 13.5. The van der Waals surface area contributed by atoms with Crippen LogP contribution in [0.4, 0.5) is 4.39 Å². The number of carbonyl (C=O) groups is 1. The Morgan fingerprint density at radius 1 is 1.07 bits per heavy atom. The van der Waals surface area contributed by atoms with E-state index in [9.17, 15) is 9.18 Å². The van der Waals surface area contributed by atoms with Crippen LogP contribution in [0, 0.1) is 12.7 Å². The quantitative estimate of drug-likeness (QED) is 0.609. The van der Waals surface area contributed by atoms with E-state index in [0.29, 0.717) is 12.3 Å². The van der Waals surface area contributed by atoms with Gasteiger partial charge in [0.25, 0.3) is 0 Å². The molecule has 0 N–H and O–H groups in total. The van der Waals surface area contributed by atoms with Crippen molar-refractivity contribution < 1.29 is 9.18 Å². The molecular formula is C25H31FN2OS. The molecular weight excluding hydrogens is 395 g/mol. The summed E-state index contributed by atoms with van der Waals surface area (Å²) in [6.45, 7) is 7.08. The number of aryl methyl sites for hydroxylation is 1. The number of piperidine rings is 1. The molecule has 1 aromatic carbocycles. The molecule has 4 rings (SSSR count). The van der Waals surface area contributed by atoms with Gasteiger partial charge in [0.05, 0.1) is 0 Å². The highest BCUT2D eigenvalue weighted by Gasteiger charge is 2.21. The Bertz CT molecular complexity index is 886. The average molecular weight is 427 g/mol. The van der Waals surface area contributed by atoms with E-state index in [1.807, 2.05) is 17.0 Å². The van der Waals surface area contributed by atoms with Gasteiger partial charge in [-0.1, -0.05) is 17.7 Å². The van der Waals surface area contributed by atoms with Gasteiger partial charge in [-0.15, -0.1) is 11.3 Å². The van der Waals surface area contributed by atoms with Gasteiger partial charge in [-0.25, -0.2) is 4.39 Å². The predicted molar refractivity (Wildman–Crippen MR) is 122 cm³/mol. The lowest BCUT2D eigenvalue weighted by Gasteiger charge is -2.30. The van der Waals surface area contributed by atoms with Crippen LogP contribution in [0.5, 0.6) is 0 Å². The minimum atomic E-state index is -0.191. The molecule has 30 heavy (non-hydrogen) atoms. The first-order chi connectivity index (χ1) is 14.6. The van der Waals surface area contributed by atoms with Gasteiger partial charge in [0.2, 0.25) is 5.91 Å². The van der Waals surface area contributed by atoms with Crippen LogP contribution in [0.25, 0.3) is 5.57 Å². The summed E-state index contributed by atoms with van der Waals surface area (Å²) in [5, 5.41) is 2.19. The number of likely N-dealkylation sites (tertiary alicyclic amines) is 2. The van der Waals surface area contributed by atoms with E-state index in [1.165, 1.54) is 21.6 Å². The molecule has 1 aromatic heterocycles. The molecule has 0 unspecified atom stereocenters. The second-order valence-electron chi connectivity index (χ2n) is 8.51. The molecule has 0 saturated carbocycles. The standard InChI is InChI=1S/C25H31FN2OS/c1-19-17-23(30-18-19)25(20-6-8-22(26)9-7-20)21-10-15-27(16-11-21)12-4-5-24(29)28-13-2-3-14-28/h6-9,17-18H,2-5,10-16H2,1H3. The third-order valence-electron chi connectivity index (χ3n) is 6.25. The summed E-state index contributed by atoms with van der Waals surface area (Å²) in [4.78, 5) is 18.0. The van der Waals surface area contributed by atoms with E-state index in [0.717, 1.165) is 70.4 Å². The molecule has 0 bridgehead atoms. The molecule has 2 aliphatic rings. The maximum Gasteiger partial charge on any atom is 0.222 e. The van der Waals surface area contributed by atoms with Crippen LogP contribution >= 0.6 is 11.3 Å². The molecule has 2 aliphatic heterocycles. The van der Waals surface area contributed by atoms with Crippen molar-refractivity contribution in [2.45, 2.75) is 45.4 Å². The third kappa shape index (κ3) is 5.19. The van der Waals surface area contributed by atoms with Gasteiger partial charge < -0.3 is 9.80 Å². The minimum absolute atomic E-state index is 0.191. The lowest BCUT2D eigenvalue weighted by atomic mass is 9.91. The van der Waals surface area contributed by atoms with Crippen LogP contribution in [0.2, 0.25) is 0 Å². The molecule has 3 heterocycles. The van der Waals surface area contributed by atoms with Crippen LogP contribution in [0.1, 0.15) is 54.5 Å². The molecule has 0 radical (unpaired) electrons. The zero-order valence-corrected chi connectivity index (χ0v) is 18.6. The fourth-order valence-corrected chi connectivity index (χ4v) is 5.59. The lowest BCUT2D eigenvalue weighted by molar-refractivity contribution is -0.130. The highest BCUT2D eigenvalue weighted by atomic mass is 32.1. The Balaban J connectivity index is 1.39. The maximum atomic E-state index is 13.5. The van der Waals surface area contributed by atoms with E-state index in [1.54, 1.807) is 23.5 Å². The SMILES string of the molecule is Cc1csc(C(=C2CCN(CCCC(=O)N3CCCC3)CC2)c2ccc(F)cc2)c1. The number of rotatable bonds is 6. The van der Waals surface area contributed by atoms with Gasteiger partial charge in [-0.05, 0) is 85.9 Å². The van der Waals surface area contributed by atoms with E-state index in [2.05, 4.69) is 23.3 Å². The molecule has 3 nitrogen and oxygen atoms in total. The van der Waals surface area contributed by atoms with Gasteiger partial charge in [-0.2, -0.15) is 0 Å². The van der Waals surface area contributed by atoms with Crippen LogP contribution in [-0.4, -0.2) is 48.4 Å². The number of amides is 1.